The molecule has 0 aliphatic rings. The maximum absolute atomic E-state index is 6.41. The molecule has 52 heavy (non-hydrogen) atoms. The minimum absolute atomic E-state index is 0.820. The first-order valence-corrected chi connectivity index (χ1v) is 17.9. The van der Waals surface area contributed by atoms with Crippen LogP contribution in [0.25, 0.3) is 93.5 Å². The molecule has 0 aliphatic heterocycles. The van der Waals surface area contributed by atoms with Crippen LogP contribution < -0.4 is 0 Å². The van der Waals surface area contributed by atoms with Gasteiger partial charge < -0.3 is 13.6 Å². The topological polar surface area (TPSA) is 23.0 Å². The molecule has 0 spiro atoms. The van der Waals surface area contributed by atoms with Crippen LogP contribution in [0.2, 0.25) is 0 Å². The maximum Gasteiger partial charge on any atom is 0.135 e. The summed E-state index contributed by atoms with van der Waals surface area (Å²) in [5.41, 5.74) is 13.9. The van der Waals surface area contributed by atoms with E-state index in [9.17, 15) is 0 Å². The third kappa shape index (κ3) is 4.46. The second-order valence-corrected chi connectivity index (χ2v) is 13.8. The molecule has 0 radical (unpaired) electrons. The van der Waals surface area contributed by atoms with E-state index in [4.69, 9.17) is 4.42 Å². The van der Waals surface area contributed by atoms with Crippen LogP contribution in [-0.2, 0) is 6.54 Å². The second-order valence-electron chi connectivity index (χ2n) is 13.8. The minimum Gasteiger partial charge on any atom is -0.456 e. The lowest BCUT2D eigenvalue weighted by molar-refractivity contribution is 0.669. The standard InChI is InChI=1S/C49H32N2O/c1-3-11-32(12-4-1)31-50-44-17-9-7-15-38(44)40-23-19-35(29-46(40)50)33-21-25-48-42(27-33)43-28-34(22-26-49(43)52-48)36-20-24-41-39-16-8-10-18-45(39)51(47(41)30-36)37-13-5-2-6-14-37/h1-30H,31H2. The van der Waals surface area contributed by atoms with Gasteiger partial charge in [-0.3, -0.25) is 0 Å². The molecule has 3 nitrogen and oxygen atoms in total. The number of fused-ring (bicyclic) bond motifs is 9. The fourth-order valence-corrected chi connectivity index (χ4v) is 8.31. The Bertz CT molecular complexity index is 3140. The number of hydrogen-bond donors (Lipinski definition) is 0. The second kappa shape index (κ2) is 11.3. The van der Waals surface area contributed by atoms with Crippen molar-refractivity contribution in [2.75, 3.05) is 0 Å². The number of benzene rings is 8. The molecule has 0 fully saturated rings. The molecule has 0 N–H and O–H groups in total. The molecule has 0 aliphatic carbocycles. The third-order valence-corrected chi connectivity index (χ3v) is 10.8. The fraction of sp³-hybridized carbons (Fsp3) is 0.0204. The molecule has 0 amide bonds. The van der Waals surface area contributed by atoms with E-state index in [1.165, 1.54) is 71.4 Å². The number of furan rings is 1. The predicted octanol–water partition coefficient (Wildman–Crippen LogP) is 13.2. The Morgan fingerprint density at radius 2 is 0.827 bits per heavy atom. The molecule has 3 aromatic heterocycles. The number of hydrogen-bond acceptors (Lipinski definition) is 1. The maximum atomic E-state index is 6.41. The number of aromatic nitrogens is 2. The Hall–Kier alpha value is -6.84. The van der Waals surface area contributed by atoms with Gasteiger partial charge in [-0.25, -0.2) is 0 Å². The van der Waals surface area contributed by atoms with Gasteiger partial charge in [-0.05, 0) is 88.5 Å². The molecular weight excluding hydrogens is 633 g/mol. The van der Waals surface area contributed by atoms with Gasteiger partial charge in [-0.1, -0.05) is 121 Å². The molecular formula is C49H32N2O. The van der Waals surface area contributed by atoms with Crippen LogP contribution in [0.15, 0.2) is 186 Å². The van der Waals surface area contributed by atoms with Gasteiger partial charge in [0.05, 0.1) is 16.6 Å². The molecule has 0 bridgehead atoms. The van der Waals surface area contributed by atoms with E-state index in [1.54, 1.807) is 0 Å². The molecule has 0 saturated heterocycles. The van der Waals surface area contributed by atoms with Crippen LogP contribution >= 0.6 is 0 Å². The summed E-state index contributed by atoms with van der Waals surface area (Å²) < 4.78 is 11.2. The highest BCUT2D eigenvalue weighted by molar-refractivity contribution is 6.12. The number of nitrogens with zero attached hydrogens (tertiary/aromatic N) is 2. The molecule has 3 heteroatoms. The lowest BCUT2D eigenvalue weighted by Crippen LogP contribution is -1.99. The zero-order valence-corrected chi connectivity index (χ0v) is 28.3. The van der Waals surface area contributed by atoms with Crippen molar-refractivity contribution in [2.24, 2.45) is 0 Å². The van der Waals surface area contributed by atoms with E-state index in [0.717, 1.165) is 34.2 Å². The summed E-state index contributed by atoms with van der Waals surface area (Å²) >= 11 is 0. The summed E-state index contributed by atoms with van der Waals surface area (Å²) in [7, 11) is 0. The largest absolute Gasteiger partial charge is 0.456 e. The van der Waals surface area contributed by atoms with Crippen molar-refractivity contribution in [1.29, 1.82) is 0 Å². The van der Waals surface area contributed by atoms with Crippen molar-refractivity contribution >= 4 is 65.6 Å². The van der Waals surface area contributed by atoms with Crippen molar-refractivity contribution in [1.82, 2.24) is 9.13 Å². The van der Waals surface area contributed by atoms with Crippen LogP contribution in [0.1, 0.15) is 5.56 Å². The van der Waals surface area contributed by atoms with Crippen molar-refractivity contribution in [3.05, 3.63) is 188 Å². The van der Waals surface area contributed by atoms with E-state index >= 15 is 0 Å². The van der Waals surface area contributed by atoms with Crippen LogP contribution in [-0.4, -0.2) is 9.13 Å². The van der Waals surface area contributed by atoms with E-state index < -0.39 is 0 Å². The first kappa shape index (κ1) is 28.9. The smallest absolute Gasteiger partial charge is 0.135 e. The number of rotatable bonds is 5. The summed E-state index contributed by atoms with van der Waals surface area (Å²) in [6, 6.07) is 65.8. The van der Waals surface area contributed by atoms with Gasteiger partial charge in [0.15, 0.2) is 0 Å². The monoisotopic (exact) mass is 664 g/mol. The van der Waals surface area contributed by atoms with Crippen LogP contribution in [0.4, 0.5) is 0 Å². The number of para-hydroxylation sites is 3. The molecule has 0 saturated carbocycles. The molecule has 11 aromatic rings. The van der Waals surface area contributed by atoms with Crippen molar-refractivity contribution in [3.63, 3.8) is 0 Å². The SMILES string of the molecule is c1ccc(Cn2c3ccccc3c3ccc(-c4ccc5oc6ccc(-c7ccc8c9ccccc9n(-c9ccccc9)c8c7)cc6c5c4)cc32)cc1. The lowest BCUT2D eigenvalue weighted by Gasteiger charge is -2.09. The molecule has 0 unspecified atom stereocenters. The Kier molecular flexibility index (Phi) is 6.31. The van der Waals surface area contributed by atoms with Gasteiger partial charge in [0.25, 0.3) is 0 Å². The zero-order valence-electron chi connectivity index (χ0n) is 28.3. The highest BCUT2D eigenvalue weighted by atomic mass is 16.3. The van der Waals surface area contributed by atoms with Gasteiger partial charge in [0.1, 0.15) is 11.2 Å². The molecule has 8 aromatic carbocycles. The normalized spacial score (nSPS) is 11.9. The van der Waals surface area contributed by atoms with Gasteiger partial charge in [-0.15, -0.1) is 0 Å². The van der Waals surface area contributed by atoms with Gasteiger partial charge in [0.2, 0.25) is 0 Å². The van der Waals surface area contributed by atoms with Crippen molar-refractivity contribution in [2.45, 2.75) is 6.54 Å². The summed E-state index contributed by atoms with van der Waals surface area (Å²) in [6.07, 6.45) is 0. The Balaban J connectivity index is 1.04. The summed E-state index contributed by atoms with van der Waals surface area (Å²) in [5.74, 6) is 0. The van der Waals surface area contributed by atoms with Crippen LogP contribution in [0.5, 0.6) is 0 Å². The van der Waals surface area contributed by atoms with E-state index in [-0.39, 0.29) is 0 Å². The summed E-state index contributed by atoms with van der Waals surface area (Å²) in [5, 5.41) is 7.32. The average Bonchev–Trinajstić information content (AvgIpc) is 3.85. The van der Waals surface area contributed by atoms with E-state index in [0.29, 0.717) is 0 Å². The average molecular weight is 665 g/mol. The Labute approximate surface area is 300 Å². The van der Waals surface area contributed by atoms with Gasteiger partial charge in [0, 0.05) is 50.1 Å². The highest BCUT2D eigenvalue weighted by Crippen LogP contribution is 2.39. The van der Waals surface area contributed by atoms with Crippen LogP contribution in [0.3, 0.4) is 0 Å². The Morgan fingerprint density at radius 1 is 0.346 bits per heavy atom. The lowest BCUT2D eigenvalue weighted by atomic mass is 9.99. The predicted molar refractivity (Wildman–Crippen MR) is 217 cm³/mol. The zero-order chi connectivity index (χ0) is 34.2. The third-order valence-electron chi connectivity index (χ3n) is 10.8. The van der Waals surface area contributed by atoms with E-state index in [2.05, 4.69) is 191 Å². The highest BCUT2D eigenvalue weighted by Gasteiger charge is 2.16. The summed E-state index contributed by atoms with van der Waals surface area (Å²) in [4.78, 5) is 0. The molecule has 3 heterocycles. The van der Waals surface area contributed by atoms with Gasteiger partial charge >= 0.3 is 0 Å². The summed E-state index contributed by atoms with van der Waals surface area (Å²) in [6.45, 7) is 0.820. The van der Waals surface area contributed by atoms with Crippen LogP contribution in [0, 0.1) is 0 Å². The van der Waals surface area contributed by atoms with Gasteiger partial charge in [-0.2, -0.15) is 0 Å². The first-order chi connectivity index (χ1) is 25.8. The minimum atomic E-state index is 0.820. The fourth-order valence-electron chi connectivity index (χ4n) is 8.31. The first-order valence-electron chi connectivity index (χ1n) is 17.9. The van der Waals surface area contributed by atoms with Crippen molar-refractivity contribution < 1.29 is 4.42 Å². The molecule has 11 rings (SSSR count). The molecule has 244 valence electrons. The Morgan fingerprint density at radius 3 is 1.50 bits per heavy atom. The molecule has 0 atom stereocenters. The quantitative estimate of drug-likeness (QED) is 0.180. The van der Waals surface area contributed by atoms with Crippen molar-refractivity contribution in [3.8, 4) is 27.9 Å². The van der Waals surface area contributed by atoms with E-state index in [1.807, 2.05) is 0 Å².